The number of likely N-dealkylation sites (N-methyl/N-ethyl adjacent to an activating group) is 1. The van der Waals surface area contributed by atoms with E-state index in [0.717, 1.165) is 70.5 Å². The molecule has 1 N–H and O–H groups in total. The average Bonchev–Trinajstić information content (AvgIpc) is 3.18. The molecule has 0 aromatic heterocycles. The number of unbranched alkanes of at least 4 members (excludes halogenated alkanes) is 16. The van der Waals surface area contributed by atoms with Gasteiger partial charge in [0.2, 0.25) is 0 Å². The Morgan fingerprint density at radius 2 is 0.685 bits per heavy atom. The van der Waals surface area contributed by atoms with Gasteiger partial charge >= 0.3 is 0 Å². The van der Waals surface area contributed by atoms with Gasteiger partial charge in [0.1, 0.15) is 20.4 Å². The summed E-state index contributed by atoms with van der Waals surface area (Å²) in [4.78, 5) is 0. The summed E-state index contributed by atoms with van der Waals surface area (Å²) in [5, 5.41) is 3.13. The molecule has 0 aromatic rings. The molecule has 0 bridgehead atoms. The Morgan fingerprint density at radius 1 is 0.333 bits per heavy atom. The summed E-state index contributed by atoms with van der Waals surface area (Å²) >= 11 is 0. The monoisotopic (exact) mass is 772 g/mol. The summed E-state index contributed by atoms with van der Waals surface area (Å²) in [5.74, 6) is 1.65. The van der Waals surface area contributed by atoms with E-state index in [4.69, 9.17) is 28.4 Å². The molecular formula is C47H97NO6. The Bertz CT molecular complexity index is 602. The lowest BCUT2D eigenvalue weighted by Gasteiger charge is -2.18. The number of rotatable bonds is 48. The van der Waals surface area contributed by atoms with E-state index < -0.39 is 0 Å². The number of ether oxygens (including phenoxy) is 6. The minimum absolute atomic E-state index is 0.302. The molecule has 0 heterocycles. The SMILES string of the molecule is CCCCCC(CCCCC)CCOCOCCCCCCCC(CCCCCCCOCOCCC(CCCCC)CCCCC)OCOCCNC. The Morgan fingerprint density at radius 3 is 1.09 bits per heavy atom. The summed E-state index contributed by atoms with van der Waals surface area (Å²) in [6, 6.07) is 0. The van der Waals surface area contributed by atoms with E-state index in [1.165, 1.54) is 167 Å². The molecule has 7 nitrogen and oxygen atoms in total. The van der Waals surface area contributed by atoms with Crippen LogP contribution in [-0.4, -0.2) is 73.1 Å². The van der Waals surface area contributed by atoms with Crippen LogP contribution >= 0.6 is 0 Å². The fourth-order valence-corrected chi connectivity index (χ4v) is 7.35. The van der Waals surface area contributed by atoms with E-state index in [-0.39, 0.29) is 0 Å². The summed E-state index contributed by atoms with van der Waals surface area (Å²) in [7, 11) is 1.95. The van der Waals surface area contributed by atoms with E-state index >= 15 is 0 Å². The molecule has 0 saturated heterocycles. The number of hydrogen-bond donors (Lipinski definition) is 1. The van der Waals surface area contributed by atoms with Crippen molar-refractivity contribution in [3.8, 4) is 0 Å². The van der Waals surface area contributed by atoms with Crippen LogP contribution in [0, 0.1) is 11.8 Å². The molecule has 0 radical (unpaired) electrons. The van der Waals surface area contributed by atoms with Crippen molar-refractivity contribution in [3.05, 3.63) is 0 Å². The quantitative estimate of drug-likeness (QED) is 0.0488. The van der Waals surface area contributed by atoms with Crippen molar-refractivity contribution in [2.75, 3.05) is 67.0 Å². The second-order valence-electron chi connectivity index (χ2n) is 16.2. The first-order valence-electron chi connectivity index (χ1n) is 23.9. The van der Waals surface area contributed by atoms with Crippen LogP contribution in [0.4, 0.5) is 0 Å². The largest absolute Gasteiger partial charge is 0.355 e. The van der Waals surface area contributed by atoms with Crippen molar-refractivity contribution in [2.45, 2.75) is 226 Å². The van der Waals surface area contributed by atoms with Crippen LogP contribution in [0.15, 0.2) is 0 Å². The van der Waals surface area contributed by atoms with Crippen LogP contribution in [0.1, 0.15) is 220 Å². The first-order chi connectivity index (χ1) is 26.7. The van der Waals surface area contributed by atoms with E-state index in [9.17, 15) is 0 Å². The maximum Gasteiger partial charge on any atom is 0.147 e. The highest BCUT2D eigenvalue weighted by Crippen LogP contribution is 2.22. The van der Waals surface area contributed by atoms with Gasteiger partial charge in [-0.25, -0.2) is 0 Å². The topological polar surface area (TPSA) is 67.4 Å². The zero-order chi connectivity index (χ0) is 39.3. The lowest BCUT2D eigenvalue weighted by molar-refractivity contribution is -0.0934. The van der Waals surface area contributed by atoms with Gasteiger partial charge in [-0.05, 0) is 57.4 Å². The summed E-state index contributed by atoms with van der Waals surface area (Å²) in [6.07, 6.45) is 38.8. The number of nitrogens with one attached hydrogen (secondary N) is 1. The van der Waals surface area contributed by atoms with Gasteiger partial charge in [-0.15, -0.1) is 0 Å². The average molecular weight is 772 g/mol. The Hall–Kier alpha value is -0.280. The first kappa shape index (κ1) is 53.7. The van der Waals surface area contributed by atoms with Crippen molar-refractivity contribution >= 4 is 0 Å². The van der Waals surface area contributed by atoms with Crippen LogP contribution in [-0.2, 0) is 28.4 Å². The minimum atomic E-state index is 0.302. The van der Waals surface area contributed by atoms with E-state index in [0.29, 0.717) is 33.1 Å². The highest BCUT2D eigenvalue weighted by molar-refractivity contribution is 4.62. The maximum atomic E-state index is 6.18. The van der Waals surface area contributed by atoms with Crippen LogP contribution in [0.3, 0.4) is 0 Å². The molecule has 0 aliphatic carbocycles. The normalized spacial score (nSPS) is 12.0. The molecule has 0 fully saturated rings. The lowest BCUT2D eigenvalue weighted by atomic mass is 9.92. The molecule has 326 valence electrons. The zero-order valence-electron chi connectivity index (χ0n) is 37.3. The molecule has 0 rings (SSSR count). The van der Waals surface area contributed by atoms with Crippen molar-refractivity contribution in [1.29, 1.82) is 0 Å². The summed E-state index contributed by atoms with van der Waals surface area (Å²) in [6.45, 7) is 15.3. The smallest absolute Gasteiger partial charge is 0.147 e. The number of hydrogen-bond acceptors (Lipinski definition) is 7. The van der Waals surface area contributed by atoms with Crippen molar-refractivity contribution in [1.82, 2.24) is 5.32 Å². The third-order valence-electron chi connectivity index (χ3n) is 11.1. The molecular weight excluding hydrogens is 675 g/mol. The lowest BCUT2D eigenvalue weighted by Crippen LogP contribution is -2.19. The van der Waals surface area contributed by atoms with Crippen LogP contribution < -0.4 is 5.32 Å². The van der Waals surface area contributed by atoms with Crippen molar-refractivity contribution in [2.24, 2.45) is 11.8 Å². The predicted octanol–water partition coefficient (Wildman–Crippen LogP) is 13.6. The molecule has 0 aliphatic heterocycles. The van der Waals surface area contributed by atoms with Crippen molar-refractivity contribution < 1.29 is 28.4 Å². The molecule has 0 unspecified atom stereocenters. The molecule has 0 amide bonds. The molecule has 0 saturated carbocycles. The minimum Gasteiger partial charge on any atom is -0.355 e. The fourth-order valence-electron chi connectivity index (χ4n) is 7.35. The Kier molecular flexibility index (Phi) is 46.9. The predicted molar refractivity (Wildman–Crippen MR) is 231 cm³/mol. The highest BCUT2D eigenvalue weighted by Gasteiger charge is 2.11. The highest BCUT2D eigenvalue weighted by atomic mass is 16.7. The summed E-state index contributed by atoms with van der Waals surface area (Å²) in [5.41, 5.74) is 0. The van der Waals surface area contributed by atoms with Crippen LogP contribution in [0.25, 0.3) is 0 Å². The molecule has 0 atom stereocenters. The van der Waals surface area contributed by atoms with Gasteiger partial charge in [0, 0.05) is 33.0 Å². The van der Waals surface area contributed by atoms with E-state index in [1.807, 2.05) is 7.05 Å². The van der Waals surface area contributed by atoms with E-state index in [1.54, 1.807) is 0 Å². The Balaban J connectivity index is 3.94. The first-order valence-corrected chi connectivity index (χ1v) is 23.9. The Labute approximate surface area is 338 Å². The van der Waals surface area contributed by atoms with Crippen LogP contribution in [0.2, 0.25) is 0 Å². The second kappa shape index (κ2) is 47.1. The van der Waals surface area contributed by atoms with Gasteiger partial charge in [0.05, 0.1) is 12.7 Å². The molecule has 54 heavy (non-hydrogen) atoms. The third kappa shape index (κ3) is 41.4. The standard InChI is InChI=1S/C47H97NO6/c1-6-10-20-28-45(29-21-11-7-2)34-39-51-42-49-37-26-18-14-16-24-32-47(54-44-53-41-36-48-5)33-25-17-15-19-27-38-50-43-52-40-35-46(30-22-12-8-3)31-23-13-9-4/h45-48H,6-44H2,1-5H3. The van der Waals surface area contributed by atoms with E-state index in [2.05, 4.69) is 33.0 Å². The molecule has 0 spiro atoms. The molecule has 0 aromatic carbocycles. The van der Waals surface area contributed by atoms with Crippen LogP contribution in [0.5, 0.6) is 0 Å². The maximum absolute atomic E-state index is 6.18. The third-order valence-corrected chi connectivity index (χ3v) is 11.1. The van der Waals surface area contributed by atoms with Gasteiger partial charge in [-0.1, -0.05) is 182 Å². The summed E-state index contributed by atoms with van der Waals surface area (Å²) < 4.78 is 35.2. The van der Waals surface area contributed by atoms with Gasteiger partial charge in [-0.2, -0.15) is 0 Å². The van der Waals surface area contributed by atoms with Crippen molar-refractivity contribution in [3.63, 3.8) is 0 Å². The fraction of sp³-hybridized carbons (Fsp3) is 1.00. The zero-order valence-corrected chi connectivity index (χ0v) is 37.3. The molecule has 0 aliphatic rings. The second-order valence-corrected chi connectivity index (χ2v) is 16.2. The van der Waals surface area contributed by atoms with Gasteiger partial charge in [0.25, 0.3) is 0 Å². The van der Waals surface area contributed by atoms with Gasteiger partial charge in [-0.3, -0.25) is 0 Å². The van der Waals surface area contributed by atoms with Gasteiger partial charge < -0.3 is 33.7 Å². The molecule has 7 heteroatoms. The van der Waals surface area contributed by atoms with Gasteiger partial charge in [0.15, 0.2) is 0 Å².